The standard InChI is InChI=1S/C17H18FNO2/c18-14-9-7-13(8-10-14)16(12-4-1-2-5-12)19-17(20)15-6-3-11-21-15/h3,6-12,16H,1-2,4-5H2,(H,19,20)/t16-/m0/s1. The molecule has 110 valence electrons. The molecule has 1 saturated carbocycles. The molecular formula is C17H18FNO2. The molecule has 0 aliphatic heterocycles. The van der Waals surface area contributed by atoms with Gasteiger partial charge in [-0.1, -0.05) is 25.0 Å². The van der Waals surface area contributed by atoms with Gasteiger partial charge in [0.05, 0.1) is 12.3 Å². The molecule has 1 aliphatic carbocycles. The highest BCUT2D eigenvalue weighted by atomic mass is 19.1. The van der Waals surface area contributed by atoms with Crippen LogP contribution >= 0.6 is 0 Å². The van der Waals surface area contributed by atoms with Crippen molar-refractivity contribution in [3.8, 4) is 0 Å². The number of benzene rings is 1. The van der Waals surface area contributed by atoms with Crippen molar-refractivity contribution in [3.63, 3.8) is 0 Å². The third kappa shape index (κ3) is 3.15. The molecule has 2 aromatic rings. The van der Waals surface area contributed by atoms with Crippen molar-refractivity contribution < 1.29 is 13.6 Å². The first-order valence-corrected chi connectivity index (χ1v) is 7.34. The van der Waals surface area contributed by atoms with E-state index < -0.39 is 0 Å². The second-order valence-corrected chi connectivity index (χ2v) is 5.52. The monoisotopic (exact) mass is 287 g/mol. The molecule has 0 spiro atoms. The van der Waals surface area contributed by atoms with Gasteiger partial charge in [-0.05, 0) is 48.6 Å². The highest BCUT2D eigenvalue weighted by Crippen LogP contribution is 2.36. The maximum absolute atomic E-state index is 13.1. The zero-order chi connectivity index (χ0) is 14.7. The van der Waals surface area contributed by atoms with Gasteiger partial charge in [0.25, 0.3) is 5.91 Å². The minimum atomic E-state index is -0.263. The number of hydrogen-bond donors (Lipinski definition) is 1. The first-order valence-electron chi connectivity index (χ1n) is 7.34. The van der Waals surface area contributed by atoms with Crippen LogP contribution in [0.3, 0.4) is 0 Å². The number of rotatable bonds is 4. The van der Waals surface area contributed by atoms with Gasteiger partial charge >= 0.3 is 0 Å². The molecule has 1 aromatic carbocycles. The van der Waals surface area contributed by atoms with Gasteiger partial charge < -0.3 is 9.73 Å². The molecule has 21 heavy (non-hydrogen) atoms. The first-order chi connectivity index (χ1) is 10.2. The first kappa shape index (κ1) is 13.9. The number of hydrogen-bond acceptors (Lipinski definition) is 2. The topological polar surface area (TPSA) is 42.2 Å². The fraction of sp³-hybridized carbons (Fsp3) is 0.353. The van der Waals surface area contributed by atoms with Crippen LogP contribution in [0.5, 0.6) is 0 Å². The van der Waals surface area contributed by atoms with Gasteiger partial charge in [0.15, 0.2) is 5.76 Å². The summed E-state index contributed by atoms with van der Waals surface area (Å²) in [5, 5.41) is 3.04. The zero-order valence-electron chi connectivity index (χ0n) is 11.7. The van der Waals surface area contributed by atoms with E-state index in [-0.39, 0.29) is 17.8 Å². The largest absolute Gasteiger partial charge is 0.459 e. The fourth-order valence-corrected chi connectivity index (χ4v) is 3.05. The summed E-state index contributed by atoms with van der Waals surface area (Å²) in [5.41, 5.74) is 0.947. The average molecular weight is 287 g/mol. The zero-order valence-corrected chi connectivity index (χ0v) is 11.7. The van der Waals surface area contributed by atoms with Crippen LogP contribution in [-0.2, 0) is 0 Å². The lowest BCUT2D eigenvalue weighted by atomic mass is 9.91. The minimum Gasteiger partial charge on any atom is -0.459 e. The molecule has 1 heterocycles. The molecule has 0 saturated heterocycles. The average Bonchev–Trinajstić information content (AvgIpc) is 3.19. The Kier molecular flexibility index (Phi) is 4.04. The molecule has 3 nitrogen and oxygen atoms in total. The quantitative estimate of drug-likeness (QED) is 0.920. The summed E-state index contributed by atoms with van der Waals surface area (Å²) in [6.45, 7) is 0. The second-order valence-electron chi connectivity index (χ2n) is 5.52. The highest BCUT2D eigenvalue weighted by Gasteiger charge is 2.28. The molecule has 1 N–H and O–H groups in total. The predicted molar refractivity (Wildman–Crippen MR) is 77.3 cm³/mol. The van der Waals surface area contributed by atoms with Crippen molar-refractivity contribution >= 4 is 5.91 Å². The lowest BCUT2D eigenvalue weighted by molar-refractivity contribution is 0.0893. The number of amides is 1. The Labute approximate surface area is 123 Å². The van der Waals surface area contributed by atoms with Crippen molar-refractivity contribution in [2.75, 3.05) is 0 Å². The molecule has 4 heteroatoms. The van der Waals surface area contributed by atoms with E-state index in [1.165, 1.54) is 31.2 Å². The summed E-state index contributed by atoms with van der Waals surface area (Å²) >= 11 is 0. The van der Waals surface area contributed by atoms with Crippen molar-refractivity contribution in [1.82, 2.24) is 5.32 Å². The lowest BCUT2D eigenvalue weighted by Crippen LogP contribution is -2.32. The van der Waals surface area contributed by atoms with Gasteiger partial charge in [0, 0.05) is 0 Å². The normalized spacial score (nSPS) is 16.8. The molecule has 0 radical (unpaired) electrons. The van der Waals surface area contributed by atoms with Crippen LogP contribution in [0.25, 0.3) is 0 Å². The number of carbonyl (C=O) groups excluding carboxylic acids is 1. The van der Waals surface area contributed by atoms with Gasteiger partial charge in [0.2, 0.25) is 0 Å². The smallest absolute Gasteiger partial charge is 0.287 e. The number of furan rings is 1. The molecule has 1 fully saturated rings. The predicted octanol–water partition coefficient (Wildman–Crippen LogP) is 4.08. The lowest BCUT2D eigenvalue weighted by Gasteiger charge is -2.25. The highest BCUT2D eigenvalue weighted by molar-refractivity contribution is 5.91. The molecule has 1 aliphatic rings. The summed E-state index contributed by atoms with van der Waals surface area (Å²) in [4.78, 5) is 12.2. The molecule has 1 atom stereocenters. The molecule has 1 aromatic heterocycles. The molecule has 0 unspecified atom stereocenters. The third-order valence-corrected chi connectivity index (χ3v) is 4.13. The Hall–Kier alpha value is -2.10. The van der Waals surface area contributed by atoms with Gasteiger partial charge in [-0.25, -0.2) is 4.39 Å². The SMILES string of the molecule is O=C(N[C@H](c1ccc(F)cc1)C1CCCC1)c1ccco1. The molecule has 1 amide bonds. The summed E-state index contributed by atoms with van der Waals surface area (Å²) in [6.07, 6.45) is 6.01. The Bertz CT molecular complexity index is 586. The second kappa shape index (κ2) is 6.12. The van der Waals surface area contributed by atoms with Crippen LogP contribution in [0.15, 0.2) is 47.1 Å². The van der Waals surface area contributed by atoms with Crippen LogP contribution in [0.1, 0.15) is 47.8 Å². The van der Waals surface area contributed by atoms with E-state index in [0.29, 0.717) is 11.7 Å². The van der Waals surface area contributed by atoms with Crippen LogP contribution in [-0.4, -0.2) is 5.91 Å². The van der Waals surface area contributed by atoms with Crippen molar-refractivity contribution in [3.05, 3.63) is 59.8 Å². The maximum Gasteiger partial charge on any atom is 0.287 e. The van der Waals surface area contributed by atoms with E-state index in [0.717, 1.165) is 18.4 Å². The number of carbonyl (C=O) groups is 1. The third-order valence-electron chi connectivity index (χ3n) is 4.13. The number of halogens is 1. The van der Waals surface area contributed by atoms with E-state index in [9.17, 15) is 9.18 Å². The van der Waals surface area contributed by atoms with E-state index in [4.69, 9.17) is 4.42 Å². The summed E-state index contributed by atoms with van der Waals surface area (Å²) in [6, 6.07) is 9.63. The maximum atomic E-state index is 13.1. The Morgan fingerprint density at radius 1 is 1.19 bits per heavy atom. The van der Waals surface area contributed by atoms with E-state index in [2.05, 4.69) is 5.32 Å². The molecular weight excluding hydrogens is 269 g/mol. The van der Waals surface area contributed by atoms with E-state index >= 15 is 0 Å². The fourth-order valence-electron chi connectivity index (χ4n) is 3.05. The summed E-state index contributed by atoms with van der Waals surface area (Å²) in [5.74, 6) is 0.219. The minimum absolute atomic E-state index is 0.0919. The molecule has 0 bridgehead atoms. The van der Waals surface area contributed by atoms with E-state index in [1.807, 2.05) is 0 Å². The van der Waals surface area contributed by atoms with Gasteiger partial charge in [-0.15, -0.1) is 0 Å². The Morgan fingerprint density at radius 3 is 2.52 bits per heavy atom. The van der Waals surface area contributed by atoms with Crippen LogP contribution in [0.2, 0.25) is 0 Å². The van der Waals surface area contributed by atoms with Crippen LogP contribution in [0, 0.1) is 11.7 Å². The molecule has 3 rings (SSSR count). The summed E-state index contributed by atoms with van der Waals surface area (Å²) in [7, 11) is 0. The van der Waals surface area contributed by atoms with Crippen molar-refractivity contribution in [2.45, 2.75) is 31.7 Å². The van der Waals surface area contributed by atoms with Crippen LogP contribution in [0.4, 0.5) is 4.39 Å². The van der Waals surface area contributed by atoms with Gasteiger partial charge in [0.1, 0.15) is 5.82 Å². The van der Waals surface area contributed by atoms with E-state index in [1.54, 1.807) is 24.3 Å². The van der Waals surface area contributed by atoms with Gasteiger partial charge in [-0.3, -0.25) is 4.79 Å². The Morgan fingerprint density at radius 2 is 1.90 bits per heavy atom. The summed E-state index contributed by atoms with van der Waals surface area (Å²) < 4.78 is 18.3. The van der Waals surface area contributed by atoms with Crippen molar-refractivity contribution in [1.29, 1.82) is 0 Å². The van der Waals surface area contributed by atoms with Crippen molar-refractivity contribution in [2.24, 2.45) is 5.92 Å². The Balaban J connectivity index is 1.82. The van der Waals surface area contributed by atoms with Crippen LogP contribution < -0.4 is 5.32 Å². The van der Waals surface area contributed by atoms with Gasteiger partial charge in [-0.2, -0.15) is 0 Å². The number of nitrogens with one attached hydrogen (secondary N) is 1.